The number of amides is 2. The van der Waals surface area contributed by atoms with E-state index in [2.05, 4.69) is 10.6 Å². The molecule has 2 amide bonds. The molecule has 0 saturated carbocycles. The molecule has 0 aromatic heterocycles. The highest BCUT2D eigenvalue weighted by Gasteiger charge is 2.62. The van der Waals surface area contributed by atoms with Crippen LogP contribution in [0.1, 0.15) is 48.9 Å². The van der Waals surface area contributed by atoms with E-state index in [0.717, 1.165) is 18.2 Å². The van der Waals surface area contributed by atoms with Gasteiger partial charge in [-0.3, -0.25) is 14.4 Å². The Hall–Kier alpha value is -3.69. The van der Waals surface area contributed by atoms with Crippen molar-refractivity contribution in [1.29, 1.82) is 0 Å². The zero-order valence-corrected chi connectivity index (χ0v) is 23.6. The number of fused-ring (bicyclic) bond motifs is 2. The summed E-state index contributed by atoms with van der Waals surface area (Å²) in [5, 5.41) is 6.25. The predicted molar refractivity (Wildman–Crippen MR) is 149 cm³/mol. The molecule has 41 heavy (non-hydrogen) atoms. The highest BCUT2D eigenvalue weighted by molar-refractivity contribution is 6.31. The summed E-state index contributed by atoms with van der Waals surface area (Å²) in [6.45, 7) is 3.51. The molecular formula is C30H26Cl2F2N2O5. The van der Waals surface area contributed by atoms with Crippen molar-refractivity contribution in [2.75, 3.05) is 18.5 Å². The molecule has 1 fully saturated rings. The predicted octanol–water partition coefficient (Wildman–Crippen LogP) is 6.08. The van der Waals surface area contributed by atoms with Crippen molar-refractivity contribution in [3.63, 3.8) is 0 Å². The quantitative estimate of drug-likeness (QED) is 0.319. The summed E-state index contributed by atoms with van der Waals surface area (Å²) in [4.78, 5) is 39.6. The molecule has 2 N–H and O–H groups in total. The zero-order chi connectivity index (χ0) is 29.5. The van der Waals surface area contributed by atoms with E-state index in [1.807, 2.05) is 0 Å². The lowest BCUT2D eigenvalue weighted by Crippen LogP contribution is -2.57. The van der Waals surface area contributed by atoms with Crippen molar-refractivity contribution in [3.05, 3.63) is 93.0 Å². The number of hydrogen-bond acceptors (Lipinski definition) is 5. The van der Waals surface area contributed by atoms with Crippen LogP contribution < -0.4 is 15.4 Å². The number of piperidine rings is 1. The molecule has 4 atom stereocenters. The van der Waals surface area contributed by atoms with E-state index in [0.29, 0.717) is 26.9 Å². The molecule has 0 aliphatic carbocycles. The monoisotopic (exact) mass is 602 g/mol. The fourth-order valence-corrected chi connectivity index (χ4v) is 6.10. The second kappa shape index (κ2) is 11.3. The number of rotatable bonds is 7. The van der Waals surface area contributed by atoms with Crippen LogP contribution in [0.25, 0.3) is 0 Å². The van der Waals surface area contributed by atoms with Crippen molar-refractivity contribution in [1.82, 2.24) is 5.32 Å². The molecule has 1 saturated heterocycles. The third kappa shape index (κ3) is 5.13. The van der Waals surface area contributed by atoms with Gasteiger partial charge in [-0.1, -0.05) is 29.3 Å². The van der Waals surface area contributed by atoms with E-state index in [1.165, 1.54) is 0 Å². The molecule has 0 radical (unpaired) electrons. The Morgan fingerprint density at radius 1 is 1.05 bits per heavy atom. The van der Waals surface area contributed by atoms with Gasteiger partial charge in [0, 0.05) is 39.2 Å². The number of benzene rings is 3. The molecule has 214 valence electrons. The zero-order valence-electron chi connectivity index (χ0n) is 22.1. The van der Waals surface area contributed by atoms with Gasteiger partial charge < -0.3 is 20.1 Å². The lowest BCUT2D eigenvalue weighted by molar-refractivity contribution is -0.148. The number of hydrogen-bond donors (Lipinski definition) is 2. The number of anilines is 1. The van der Waals surface area contributed by atoms with Crippen LogP contribution >= 0.6 is 23.2 Å². The molecule has 2 aliphatic heterocycles. The minimum Gasteiger partial charge on any atom is -0.492 e. The fraction of sp³-hybridized carbons (Fsp3) is 0.300. The molecule has 1 unspecified atom stereocenters. The van der Waals surface area contributed by atoms with Crippen LogP contribution in [-0.2, 0) is 24.5 Å². The summed E-state index contributed by atoms with van der Waals surface area (Å²) in [5.41, 5.74) is -0.634. The van der Waals surface area contributed by atoms with Crippen LogP contribution in [0.3, 0.4) is 0 Å². The molecule has 11 heteroatoms. The molecule has 0 bridgehead atoms. The first-order chi connectivity index (χ1) is 19.6. The van der Waals surface area contributed by atoms with Gasteiger partial charge in [0.1, 0.15) is 29.4 Å². The molecular weight excluding hydrogens is 577 g/mol. The summed E-state index contributed by atoms with van der Waals surface area (Å²) in [6, 6.07) is 11.1. The third-order valence-electron chi connectivity index (χ3n) is 7.55. The van der Waals surface area contributed by atoms with Gasteiger partial charge in [0.25, 0.3) is 0 Å². The maximum Gasteiger partial charge on any atom is 0.312 e. The van der Waals surface area contributed by atoms with Crippen LogP contribution in [0.15, 0.2) is 54.6 Å². The Balaban J connectivity index is 1.71. The van der Waals surface area contributed by atoms with Crippen LogP contribution in [0.4, 0.5) is 14.5 Å². The molecule has 3 aromatic carbocycles. The van der Waals surface area contributed by atoms with E-state index in [1.54, 1.807) is 50.2 Å². The Morgan fingerprint density at radius 3 is 2.54 bits per heavy atom. The van der Waals surface area contributed by atoms with Gasteiger partial charge in [-0.15, -0.1) is 0 Å². The normalized spacial score (nSPS) is 22.1. The molecule has 5 rings (SSSR count). The van der Waals surface area contributed by atoms with Crippen LogP contribution in [-0.4, -0.2) is 31.0 Å². The first kappa shape index (κ1) is 28.8. The van der Waals surface area contributed by atoms with Crippen molar-refractivity contribution < 1.29 is 32.6 Å². The highest BCUT2D eigenvalue weighted by atomic mass is 35.5. The lowest BCUT2D eigenvalue weighted by atomic mass is 9.59. The largest absolute Gasteiger partial charge is 0.492 e. The summed E-state index contributed by atoms with van der Waals surface area (Å²) < 4.78 is 41.0. The van der Waals surface area contributed by atoms with E-state index in [9.17, 15) is 18.8 Å². The second-order valence-corrected chi connectivity index (χ2v) is 11.0. The SMILES string of the molecule is CCOC(=O)C(C)COc1ccc(Cl)cc1[C@@H]1CC(=O)N[C@@H](c2cc(F)ccc2F)[C@@]12C(=O)Nc1cc(Cl)ccc12. The summed E-state index contributed by atoms with van der Waals surface area (Å²) in [6.07, 6.45) is -0.201. The summed E-state index contributed by atoms with van der Waals surface area (Å²) in [7, 11) is 0. The van der Waals surface area contributed by atoms with Crippen molar-refractivity contribution in [2.45, 2.75) is 37.6 Å². The number of halogens is 4. The average molecular weight is 603 g/mol. The van der Waals surface area contributed by atoms with Crippen LogP contribution in [0.2, 0.25) is 10.0 Å². The van der Waals surface area contributed by atoms with E-state index >= 15 is 4.39 Å². The smallest absolute Gasteiger partial charge is 0.312 e. The van der Waals surface area contributed by atoms with Crippen molar-refractivity contribution >= 4 is 46.7 Å². The third-order valence-corrected chi connectivity index (χ3v) is 8.02. The minimum atomic E-state index is -1.65. The molecule has 1 spiro atoms. The first-order valence-corrected chi connectivity index (χ1v) is 13.8. The van der Waals surface area contributed by atoms with E-state index < -0.39 is 52.7 Å². The Morgan fingerprint density at radius 2 is 1.78 bits per heavy atom. The molecule has 2 heterocycles. The standard InChI is InChI=1S/C30H26Cl2F2N2O5/c1-3-40-28(38)15(2)14-41-25-9-5-16(31)10-19(25)22-13-26(37)36-27(20-12-18(33)6-8-23(20)34)30(22)21-7-4-17(32)11-24(21)35-29(30)39/h4-12,15,22,27H,3,13-14H2,1-2H3,(H,35,39)(H,36,37)/t15?,22-,27-,30-/m0/s1. The van der Waals surface area contributed by atoms with Gasteiger partial charge in [0.05, 0.1) is 18.6 Å². The van der Waals surface area contributed by atoms with E-state index in [4.69, 9.17) is 32.7 Å². The molecule has 7 nitrogen and oxygen atoms in total. The number of nitrogens with one attached hydrogen (secondary N) is 2. The minimum absolute atomic E-state index is 0.0558. The van der Waals surface area contributed by atoms with Gasteiger partial charge >= 0.3 is 5.97 Å². The van der Waals surface area contributed by atoms with Gasteiger partial charge in [-0.05, 0) is 67.9 Å². The topological polar surface area (TPSA) is 93.7 Å². The maximum atomic E-state index is 15.3. The second-order valence-electron chi connectivity index (χ2n) is 10.1. The highest BCUT2D eigenvalue weighted by Crippen LogP contribution is 2.59. The average Bonchev–Trinajstić information content (AvgIpc) is 3.21. The number of ether oxygens (including phenoxy) is 2. The van der Waals surface area contributed by atoms with Gasteiger partial charge in [-0.25, -0.2) is 8.78 Å². The Bertz CT molecular complexity index is 1550. The lowest BCUT2D eigenvalue weighted by Gasteiger charge is -2.46. The fourth-order valence-electron chi connectivity index (χ4n) is 5.75. The van der Waals surface area contributed by atoms with Gasteiger partial charge in [-0.2, -0.15) is 0 Å². The van der Waals surface area contributed by atoms with Crippen LogP contribution in [0, 0.1) is 17.6 Å². The number of carbonyl (C=O) groups is 3. The van der Waals surface area contributed by atoms with Crippen molar-refractivity contribution in [2.24, 2.45) is 5.92 Å². The summed E-state index contributed by atoms with van der Waals surface area (Å²) >= 11 is 12.7. The van der Waals surface area contributed by atoms with Crippen molar-refractivity contribution in [3.8, 4) is 5.75 Å². The van der Waals surface area contributed by atoms with Gasteiger partial charge in [0.2, 0.25) is 11.8 Å². The maximum absolute atomic E-state index is 15.3. The number of carbonyl (C=O) groups excluding carboxylic acids is 3. The Labute approximate surface area is 245 Å². The Kier molecular flexibility index (Phi) is 7.94. The number of esters is 1. The molecule has 3 aromatic rings. The summed E-state index contributed by atoms with van der Waals surface area (Å²) in [5.74, 6) is -4.29. The first-order valence-electron chi connectivity index (χ1n) is 13.0. The molecule has 2 aliphatic rings. The van der Waals surface area contributed by atoms with E-state index in [-0.39, 0.29) is 30.9 Å². The van der Waals surface area contributed by atoms with Gasteiger partial charge in [0.15, 0.2) is 0 Å². The van der Waals surface area contributed by atoms with Crippen LogP contribution in [0.5, 0.6) is 5.75 Å².